The van der Waals surface area contributed by atoms with Crippen LogP contribution in [-0.2, 0) is 4.79 Å². The number of carboxylic acids is 1. The quantitative estimate of drug-likeness (QED) is 0.702. The third-order valence-corrected chi connectivity index (χ3v) is 3.94. The van der Waals surface area contributed by atoms with E-state index >= 15 is 0 Å². The number of aliphatic carboxylic acids is 1. The van der Waals surface area contributed by atoms with E-state index in [1.165, 1.54) is 7.11 Å². The fourth-order valence-corrected chi connectivity index (χ4v) is 2.69. The molecule has 1 N–H and O–H groups in total. The Morgan fingerprint density at radius 1 is 1.38 bits per heavy atom. The molecule has 0 saturated heterocycles. The first kappa shape index (κ1) is 18.3. The van der Waals surface area contributed by atoms with Gasteiger partial charge in [-0.25, -0.2) is 4.79 Å². The summed E-state index contributed by atoms with van der Waals surface area (Å²) < 4.78 is 11.1. The van der Waals surface area contributed by atoms with Gasteiger partial charge in [0, 0.05) is 11.2 Å². The average Bonchev–Trinajstić information content (AvgIpc) is 2.53. The summed E-state index contributed by atoms with van der Waals surface area (Å²) in [5, 5.41) is 9.34. The summed E-state index contributed by atoms with van der Waals surface area (Å²) in [6.07, 6.45) is 1.67. The third kappa shape index (κ3) is 4.72. The number of methoxy groups -OCH3 is 1. The number of aliphatic imine (C=N–C) groups is 1. The molecule has 0 spiro atoms. The molecule has 0 amide bonds. The van der Waals surface area contributed by atoms with Crippen molar-refractivity contribution in [2.24, 2.45) is 4.99 Å². The molecule has 0 radical (unpaired) electrons. The highest BCUT2D eigenvalue weighted by atomic mass is 79.9. The van der Waals surface area contributed by atoms with E-state index in [2.05, 4.69) is 20.9 Å². The summed E-state index contributed by atoms with van der Waals surface area (Å²) in [4.78, 5) is 15.1. The number of ether oxygens (including phenoxy) is 2. The van der Waals surface area contributed by atoms with Crippen LogP contribution in [0.15, 0.2) is 39.8 Å². The van der Waals surface area contributed by atoms with Gasteiger partial charge in [0.1, 0.15) is 0 Å². The van der Waals surface area contributed by atoms with Crippen molar-refractivity contribution in [3.8, 4) is 11.5 Å². The van der Waals surface area contributed by atoms with Gasteiger partial charge in [-0.15, -0.1) is 0 Å². The number of benzene rings is 2. The normalized spacial score (nSPS) is 10.8. The summed E-state index contributed by atoms with van der Waals surface area (Å²) in [7, 11) is 1.48. The van der Waals surface area contributed by atoms with Crippen LogP contribution in [0.4, 0.5) is 5.69 Å². The van der Waals surface area contributed by atoms with Gasteiger partial charge in [0.2, 0.25) is 0 Å². The highest BCUT2D eigenvalue weighted by Crippen LogP contribution is 2.36. The first-order valence-electron chi connectivity index (χ1n) is 6.93. The zero-order valence-electron chi connectivity index (χ0n) is 13.0. The number of hydrogen-bond donors (Lipinski definition) is 1. The van der Waals surface area contributed by atoms with Crippen molar-refractivity contribution in [1.29, 1.82) is 0 Å². The molecular weight excluding hydrogens is 398 g/mol. The number of nitrogens with zero attached hydrogens (tertiary/aromatic N) is 1. The van der Waals surface area contributed by atoms with Gasteiger partial charge >= 0.3 is 5.97 Å². The highest BCUT2D eigenvalue weighted by Gasteiger charge is 2.12. The minimum atomic E-state index is -1.06. The van der Waals surface area contributed by atoms with Crippen LogP contribution in [0.3, 0.4) is 0 Å². The van der Waals surface area contributed by atoms with Gasteiger partial charge < -0.3 is 14.6 Å². The van der Waals surface area contributed by atoms with Gasteiger partial charge in [-0.1, -0.05) is 17.7 Å². The number of rotatable bonds is 6. The van der Waals surface area contributed by atoms with Gasteiger partial charge in [0.25, 0.3) is 0 Å². The molecule has 0 aromatic heterocycles. The summed E-state index contributed by atoms with van der Waals surface area (Å²) in [6.45, 7) is 1.49. The van der Waals surface area contributed by atoms with Gasteiger partial charge in [-0.2, -0.15) is 0 Å². The number of hydrogen-bond acceptors (Lipinski definition) is 4. The predicted molar refractivity (Wildman–Crippen MR) is 97.3 cm³/mol. The largest absolute Gasteiger partial charge is 0.493 e. The lowest BCUT2D eigenvalue weighted by Gasteiger charge is -2.12. The van der Waals surface area contributed by atoms with Gasteiger partial charge in [0.15, 0.2) is 18.1 Å². The Morgan fingerprint density at radius 2 is 2.12 bits per heavy atom. The second kappa shape index (κ2) is 8.17. The molecule has 0 aliphatic carbocycles. The van der Waals surface area contributed by atoms with Crippen LogP contribution < -0.4 is 9.47 Å². The zero-order valence-corrected chi connectivity index (χ0v) is 15.4. The van der Waals surface area contributed by atoms with E-state index in [1.54, 1.807) is 24.4 Å². The number of carboxylic acid groups (broad SMARTS) is 1. The maximum atomic E-state index is 10.7. The molecule has 0 heterocycles. The highest BCUT2D eigenvalue weighted by molar-refractivity contribution is 9.10. The van der Waals surface area contributed by atoms with Crippen molar-refractivity contribution >= 4 is 45.4 Å². The Kier molecular flexibility index (Phi) is 6.23. The Bertz CT molecular complexity index is 792. The van der Waals surface area contributed by atoms with Crippen LogP contribution in [0.1, 0.15) is 11.1 Å². The lowest BCUT2D eigenvalue weighted by molar-refractivity contribution is -0.139. The molecule has 0 saturated carbocycles. The number of carbonyl (C=O) groups is 1. The molecule has 2 aromatic rings. The summed E-state index contributed by atoms with van der Waals surface area (Å²) >= 11 is 9.35. The Balaban J connectivity index is 2.31. The van der Waals surface area contributed by atoms with Crippen LogP contribution in [0.5, 0.6) is 11.5 Å². The molecule has 2 rings (SSSR count). The molecule has 0 fully saturated rings. The fraction of sp³-hybridized carbons (Fsp3) is 0.176. The van der Waals surface area contributed by atoms with Crippen LogP contribution >= 0.6 is 27.5 Å². The molecule has 5 nitrogen and oxygen atoms in total. The van der Waals surface area contributed by atoms with E-state index < -0.39 is 12.6 Å². The Labute approximate surface area is 153 Å². The van der Waals surface area contributed by atoms with Crippen molar-refractivity contribution in [2.45, 2.75) is 6.92 Å². The molecule has 7 heteroatoms. The first-order chi connectivity index (χ1) is 11.4. The van der Waals surface area contributed by atoms with Crippen molar-refractivity contribution in [2.75, 3.05) is 13.7 Å². The minimum absolute atomic E-state index is 0.330. The lowest BCUT2D eigenvalue weighted by atomic mass is 10.2. The maximum absolute atomic E-state index is 10.7. The van der Waals surface area contributed by atoms with E-state index in [4.69, 9.17) is 26.2 Å². The van der Waals surface area contributed by atoms with Crippen molar-refractivity contribution in [3.05, 3.63) is 51.0 Å². The van der Waals surface area contributed by atoms with Crippen molar-refractivity contribution < 1.29 is 19.4 Å². The smallest absolute Gasteiger partial charge is 0.341 e. The second-order valence-electron chi connectivity index (χ2n) is 4.91. The van der Waals surface area contributed by atoms with Crippen molar-refractivity contribution in [1.82, 2.24) is 0 Å². The number of aryl methyl sites for hydroxylation is 1. The van der Waals surface area contributed by atoms with Gasteiger partial charge in [0.05, 0.1) is 17.3 Å². The summed E-state index contributed by atoms with van der Waals surface area (Å²) in [5.74, 6) is -0.322. The van der Waals surface area contributed by atoms with Gasteiger partial charge in [-0.05, 0) is 58.2 Å². The van der Waals surface area contributed by atoms with Crippen LogP contribution in [0, 0.1) is 6.92 Å². The molecule has 24 heavy (non-hydrogen) atoms. The average molecular weight is 413 g/mol. The summed E-state index contributed by atoms with van der Waals surface area (Å²) in [6, 6.07) is 8.97. The van der Waals surface area contributed by atoms with E-state index in [9.17, 15) is 4.79 Å². The van der Waals surface area contributed by atoms with Crippen LogP contribution in [-0.4, -0.2) is 31.0 Å². The molecule has 126 valence electrons. The molecule has 0 aliphatic heterocycles. The second-order valence-corrected chi connectivity index (χ2v) is 6.20. The van der Waals surface area contributed by atoms with Crippen LogP contribution in [0.25, 0.3) is 0 Å². The molecule has 0 unspecified atom stereocenters. The van der Waals surface area contributed by atoms with E-state index in [-0.39, 0.29) is 0 Å². The molecule has 2 aromatic carbocycles. The van der Waals surface area contributed by atoms with Gasteiger partial charge in [-0.3, -0.25) is 4.99 Å². The third-order valence-electron chi connectivity index (χ3n) is 3.12. The van der Waals surface area contributed by atoms with Crippen LogP contribution in [0.2, 0.25) is 5.02 Å². The predicted octanol–water partition coefficient (Wildman–Crippen LogP) is 4.63. The SMILES string of the molecule is COc1cc(C=Nc2cc(Cl)ccc2C)cc(Br)c1OCC(=O)O. The zero-order chi connectivity index (χ0) is 17.7. The monoisotopic (exact) mass is 411 g/mol. The minimum Gasteiger partial charge on any atom is -0.493 e. The molecule has 0 aliphatic rings. The standard InChI is InChI=1S/C17H15BrClNO4/c1-10-3-4-12(19)7-14(10)20-8-11-5-13(18)17(15(6-11)23-2)24-9-16(21)22/h3-8H,9H2,1-2H3,(H,21,22). The lowest BCUT2D eigenvalue weighted by Crippen LogP contribution is -2.10. The van der Waals surface area contributed by atoms with E-state index in [0.29, 0.717) is 21.0 Å². The van der Waals surface area contributed by atoms with E-state index in [1.807, 2.05) is 19.1 Å². The Hall–Kier alpha value is -2.05. The first-order valence-corrected chi connectivity index (χ1v) is 8.10. The van der Waals surface area contributed by atoms with Crippen molar-refractivity contribution in [3.63, 3.8) is 0 Å². The topological polar surface area (TPSA) is 68.1 Å². The number of halogens is 2. The molecule has 0 atom stereocenters. The maximum Gasteiger partial charge on any atom is 0.341 e. The van der Waals surface area contributed by atoms with E-state index in [0.717, 1.165) is 16.8 Å². The fourth-order valence-electron chi connectivity index (χ4n) is 1.95. The summed E-state index contributed by atoms with van der Waals surface area (Å²) in [5.41, 5.74) is 2.53. The molecule has 0 bridgehead atoms. The Morgan fingerprint density at radius 3 is 2.79 bits per heavy atom. The molecular formula is C17H15BrClNO4.